The van der Waals surface area contributed by atoms with Crippen molar-refractivity contribution < 1.29 is 28.6 Å². The third-order valence-electron chi connectivity index (χ3n) is 3.69. The Hall–Kier alpha value is -3.42. The molecule has 0 aliphatic rings. The minimum atomic E-state index is -0.674. The quantitative estimate of drug-likeness (QED) is 0.305. The van der Waals surface area contributed by atoms with Gasteiger partial charge in [-0.3, -0.25) is 0 Å². The van der Waals surface area contributed by atoms with Gasteiger partial charge in [0, 0.05) is 5.56 Å². The maximum atomic E-state index is 12.3. The molecule has 0 saturated carbocycles. The first-order chi connectivity index (χ1) is 13.5. The van der Waals surface area contributed by atoms with Crippen LogP contribution in [0.15, 0.2) is 41.6 Å². The standard InChI is InChI=1S/C20H24N2O6/c1-5-26-16-10-8-14(12-18(16)27-6-2)20(23)28-22-19(21)13-7-9-15(24-3)17(11-13)25-4/h7-12H,5-6H2,1-4H3,(H2,21,22). The van der Waals surface area contributed by atoms with Gasteiger partial charge in [-0.25, -0.2) is 4.79 Å². The van der Waals surface area contributed by atoms with Crippen molar-refractivity contribution in [2.24, 2.45) is 10.9 Å². The summed E-state index contributed by atoms with van der Waals surface area (Å²) in [5.41, 5.74) is 6.69. The molecule has 0 aliphatic heterocycles. The molecule has 0 spiro atoms. The lowest BCUT2D eigenvalue weighted by atomic mass is 10.2. The van der Waals surface area contributed by atoms with Gasteiger partial charge in [0.1, 0.15) is 0 Å². The summed E-state index contributed by atoms with van der Waals surface area (Å²) in [4.78, 5) is 17.3. The number of amidine groups is 1. The zero-order valence-electron chi connectivity index (χ0n) is 16.4. The fourth-order valence-electron chi connectivity index (χ4n) is 2.37. The van der Waals surface area contributed by atoms with Crippen LogP contribution in [0.2, 0.25) is 0 Å². The van der Waals surface area contributed by atoms with E-state index in [0.717, 1.165) is 0 Å². The number of methoxy groups -OCH3 is 2. The molecule has 0 aliphatic carbocycles. The Morgan fingerprint density at radius 2 is 1.43 bits per heavy atom. The van der Waals surface area contributed by atoms with Gasteiger partial charge >= 0.3 is 5.97 Å². The minimum absolute atomic E-state index is 0.0188. The molecule has 8 heteroatoms. The van der Waals surface area contributed by atoms with Crippen molar-refractivity contribution in [3.05, 3.63) is 47.5 Å². The van der Waals surface area contributed by atoms with Gasteiger partial charge in [0.2, 0.25) is 0 Å². The fourth-order valence-corrected chi connectivity index (χ4v) is 2.37. The van der Waals surface area contributed by atoms with Gasteiger partial charge in [0.05, 0.1) is 33.0 Å². The van der Waals surface area contributed by atoms with Crippen molar-refractivity contribution in [3.63, 3.8) is 0 Å². The second-order valence-corrected chi connectivity index (χ2v) is 5.45. The van der Waals surface area contributed by atoms with E-state index < -0.39 is 5.97 Å². The van der Waals surface area contributed by atoms with Gasteiger partial charge in [-0.2, -0.15) is 0 Å². The van der Waals surface area contributed by atoms with E-state index in [4.69, 9.17) is 29.5 Å². The molecule has 2 aromatic rings. The molecule has 0 aromatic heterocycles. The molecule has 0 bridgehead atoms. The van der Waals surface area contributed by atoms with E-state index in [-0.39, 0.29) is 11.4 Å². The lowest BCUT2D eigenvalue weighted by Crippen LogP contribution is -2.15. The molecule has 0 atom stereocenters. The summed E-state index contributed by atoms with van der Waals surface area (Å²) in [6, 6.07) is 9.75. The summed E-state index contributed by atoms with van der Waals surface area (Å²) >= 11 is 0. The molecule has 0 heterocycles. The Morgan fingerprint density at radius 1 is 0.857 bits per heavy atom. The van der Waals surface area contributed by atoms with Crippen LogP contribution in [0.5, 0.6) is 23.0 Å². The number of rotatable bonds is 9. The predicted molar refractivity (Wildman–Crippen MR) is 104 cm³/mol. The summed E-state index contributed by atoms with van der Waals surface area (Å²) < 4.78 is 21.4. The van der Waals surface area contributed by atoms with Gasteiger partial charge in [-0.05, 0) is 50.2 Å². The molecule has 2 aromatic carbocycles. The summed E-state index contributed by atoms with van der Waals surface area (Å²) in [7, 11) is 3.04. The third-order valence-corrected chi connectivity index (χ3v) is 3.69. The van der Waals surface area contributed by atoms with Gasteiger partial charge < -0.3 is 29.5 Å². The van der Waals surface area contributed by atoms with Gasteiger partial charge in [0.15, 0.2) is 28.8 Å². The van der Waals surface area contributed by atoms with Crippen LogP contribution in [0.25, 0.3) is 0 Å². The average Bonchev–Trinajstić information content (AvgIpc) is 2.72. The molecule has 2 N–H and O–H groups in total. The Labute approximate surface area is 163 Å². The summed E-state index contributed by atoms with van der Waals surface area (Å²) in [5.74, 6) is 1.38. The first-order valence-corrected chi connectivity index (χ1v) is 8.70. The van der Waals surface area contributed by atoms with E-state index in [1.807, 2.05) is 13.8 Å². The molecule has 28 heavy (non-hydrogen) atoms. The predicted octanol–water partition coefficient (Wildman–Crippen LogP) is 2.98. The maximum Gasteiger partial charge on any atom is 0.365 e. The number of nitrogens with two attached hydrogens (primary N) is 1. The molecule has 0 fully saturated rings. The van der Waals surface area contributed by atoms with E-state index in [9.17, 15) is 4.79 Å². The third kappa shape index (κ3) is 5.06. The van der Waals surface area contributed by atoms with Crippen LogP contribution in [0.1, 0.15) is 29.8 Å². The molecule has 0 radical (unpaired) electrons. The van der Waals surface area contributed by atoms with E-state index in [1.165, 1.54) is 14.2 Å². The Morgan fingerprint density at radius 3 is 2.07 bits per heavy atom. The Balaban J connectivity index is 2.17. The highest BCUT2D eigenvalue weighted by atomic mass is 16.7. The van der Waals surface area contributed by atoms with Crippen LogP contribution in [0.4, 0.5) is 0 Å². The summed E-state index contributed by atoms with van der Waals surface area (Å²) in [6.45, 7) is 4.62. The fraction of sp³-hybridized carbons (Fsp3) is 0.300. The first kappa shape index (κ1) is 20.9. The van der Waals surface area contributed by atoms with Crippen molar-refractivity contribution in [1.29, 1.82) is 0 Å². The normalized spacial score (nSPS) is 10.9. The number of benzene rings is 2. The van der Waals surface area contributed by atoms with Crippen molar-refractivity contribution in [3.8, 4) is 23.0 Å². The lowest BCUT2D eigenvalue weighted by Gasteiger charge is -2.11. The molecule has 150 valence electrons. The number of ether oxygens (including phenoxy) is 4. The van der Waals surface area contributed by atoms with E-state index >= 15 is 0 Å². The Kier molecular flexibility index (Phi) is 7.50. The largest absolute Gasteiger partial charge is 0.493 e. The summed E-state index contributed by atoms with van der Waals surface area (Å²) in [5, 5.41) is 3.71. The molecule has 0 saturated heterocycles. The van der Waals surface area contributed by atoms with Crippen LogP contribution in [-0.4, -0.2) is 39.2 Å². The highest BCUT2D eigenvalue weighted by Gasteiger charge is 2.14. The monoisotopic (exact) mass is 388 g/mol. The molecular weight excluding hydrogens is 364 g/mol. The minimum Gasteiger partial charge on any atom is -0.493 e. The van der Waals surface area contributed by atoms with Gasteiger partial charge in [0.25, 0.3) is 0 Å². The lowest BCUT2D eigenvalue weighted by molar-refractivity contribution is 0.0515. The van der Waals surface area contributed by atoms with Gasteiger partial charge in [-0.1, -0.05) is 5.16 Å². The second-order valence-electron chi connectivity index (χ2n) is 5.45. The molecule has 8 nitrogen and oxygen atoms in total. The molecule has 0 unspecified atom stereocenters. The van der Waals surface area contributed by atoms with Crippen LogP contribution >= 0.6 is 0 Å². The number of carbonyl (C=O) groups is 1. The topological polar surface area (TPSA) is 102 Å². The molecule has 0 amide bonds. The van der Waals surface area contributed by atoms with Crippen LogP contribution < -0.4 is 24.7 Å². The molecular formula is C20H24N2O6. The van der Waals surface area contributed by atoms with Crippen molar-refractivity contribution in [1.82, 2.24) is 0 Å². The SMILES string of the molecule is CCOc1ccc(C(=O)ON=C(N)c2ccc(OC)c(OC)c2)cc1OCC. The van der Waals surface area contributed by atoms with Crippen LogP contribution in [0.3, 0.4) is 0 Å². The van der Waals surface area contributed by atoms with Crippen LogP contribution in [0, 0.1) is 0 Å². The zero-order chi connectivity index (χ0) is 20.5. The van der Waals surface area contributed by atoms with Crippen LogP contribution in [-0.2, 0) is 4.84 Å². The number of carbonyl (C=O) groups excluding carboxylic acids is 1. The van der Waals surface area contributed by atoms with Crippen molar-refractivity contribution in [2.45, 2.75) is 13.8 Å². The number of oxime groups is 1. The first-order valence-electron chi connectivity index (χ1n) is 8.70. The zero-order valence-corrected chi connectivity index (χ0v) is 16.4. The van der Waals surface area contributed by atoms with Crippen molar-refractivity contribution in [2.75, 3.05) is 27.4 Å². The van der Waals surface area contributed by atoms with Crippen molar-refractivity contribution >= 4 is 11.8 Å². The highest BCUT2D eigenvalue weighted by molar-refractivity contribution is 5.98. The maximum absolute atomic E-state index is 12.3. The number of hydrogen-bond acceptors (Lipinski definition) is 7. The van der Waals surface area contributed by atoms with E-state index in [1.54, 1.807) is 36.4 Å². The smallest absolute Gasteiger partial charge is 0.365 e. The number of nitrogens with zero attached hydrogens (tertiary/aromatic N) is 1. The van der Waals surface area contributed by atoms with E-state index in [2.05, 4.69) is 5.16 Å². The molecule has 2 rings (SSSR count). The average molecular weight is 388 g/mol. The number of hydrogen-bond donors (Lipinski definition) is 1. The summed E-state index contributed by atoms with van der Waals surface area (Å²) in [6.07, 6.45) is 0. The Bertz CT molecular complexity index is 851. The van der Waals surface area contributed by atoms with Gasteiger partial charge in [-0.15, -0.1) is 0 Å². The second kappa shape index (κ2) is 10.1. The van der Waals surface area contributed by atoms with E-state index in [0.29, 0.717) is 41.8 Å². The highest BCUT2D eigenvalue weighted by Crippen LogP contribution is 2.29.